The lowest BCUT2D eigenvalue weighted by Gasteiger charge is -2.18. The molecule has 2 aromatic carbocycles. The van der Waals surface area contributed by atoms with E-state index in [1.54, 1.807) is 19.4 Å². The number of halogens is 3. The van der Waals surface area contributed by atoms with Gasteiger partial charge in [-0.05, 0) is 48.5 Å². The van der Waals surface area contributed by atoms with Gasteiger partial charge in [-0.2, -0.15) is 13.2 Å². The van der Waals surface area contributed by atoms with Crippen molar-refractivity contribution in [1.29, 1.82) is 0 Å². The topological polar surface area (TPSA) is 104 Å². The van der Waals surface area contributed by atoms with Crippen LogP contribution in [0.25, 0.3) is 11.3 Å². The molecule has 2 saturated heterocycles. The van der Waals surface area contributed by atoms with Crippen molar-refractivity contribution < 1.29 is 36.9 Å². The van der Waals surface area contributed by atoms with Crippen LogP contribution < -0.4 is 15.4 Å². The normalized spacial score (nSPS) is 22.8. The third-order valence-corrected chi connectivity index (χ3v) is 6.06. The molecule has 2 fully saturated rings. The highest BCUT2D eigenvalue weighted by atomic mass is 19.4. The molecular weight excluding hydrogens is 493 g/mol. The van der Waals surface area contributed by atoms with Gasteiger partial charge in [0.1, 0.15) is 18.0 Å². The highest BCUT2D eigenvalue weighted by Gasteiger charge is 2.49. The molecule has 9 nitrogen and oxygen atoms in total. The minimum Gasteiger partial charge on any atom is -0.497 e. The molecule has 2 aliphatic rings. The van der Waals surface area contributed by atoms with E-state index < -0.39 is 36.1 Å². The molecule has 0 radical (unpaired) electrons. The van der Waals surface area contributed by atoms with E-state index in [-0.39, 0.29) is 24.9 Å². The van der Waals surface area contributed by atoms with Gasteiger partial charge in [0, 0.05) is 17.4 Å². The Morgan fingerprint density at radius 1 is 1.05 bits per heavy atom. The van der Waals surface area contributed by atoms with Crippen LogP contribution in [0, 0.1) is 0 Å². The number of amides is 1. The summed E-state index contributed by atoms with van der Waals surface area (Å²) in [5.41, 5.74) is 0.705. The van der Waals surface area contributed by atoms with Crippen molar-refractivity contribution in [3.05, 3.63) is 66.4 Å². The molecule has 12 heteroatoms. The van der Waals surface area contributed by atoms with Gasteiger partial charge in [0.15, 0.2) is 6.10 Å². The first-order valence-electron chi connectivity index (χ1n) is 11.4. The second-order valence-corrected chi connectivity index (χ2v) is 8.49. The molecule has 0 aliphatic carbocycles. The van der Waals surface area contributed by atoms with Gasteiger partial charge in [-0.3, -0.25) is 5.32 Å². The lowest BCUT2D eigenvalue weighted by molar-refractivity contribution is -0.137. The first-order chi connectivity index (χ1) is 17.8. The Hall–Kier alpha value is -3.90. The molecule has 3 aromatic rings. The van der Waals surface area contributed by atoms with Crippen molar-refractivity contribution in [1.82, 2.24) is 9.97 Å². The number of benzene rings is 2. The fraction of sp³-hybridized carbons (Fsp3) is 0.320. The number of methoxy groups -OCH3 is 1. The number of nitrogens with zero attached hydrogens (tertiary/aromatic N) is 2. The first kappa shape index (κ1) is 24.8. The van der Waals surface area contributed by atoms with Gasteiger partial charge < -0.3 is 24.3 Å². The average molecular weight is 516 g/mol. The van der Waals surface area contributed by atoms with Crippen LogP contribution in [-0.4, -0.2) is 60.7 Å². The number of alkyl halides is 3. The number of carbonyl (C=O) groups excluding carboxylic acids is 1. The van der Waals surface area contributed by atoms with E-state index in [9.17, 15) is 18.0 Å². The van der Waals surface area contributed by atoms with Crippen LogP contribution in [0.2, 0.25) is 0 Å². The van der Waals surface area contributed by atoms with Gasteiger partial charge in [0.2, 0.25) is 5.95 Å². The van der Waals surface area contributed by atoms with Crippen molar-refractivity contribution in [3.63, 3.8) is 0 Å². The predicted molar refractivity (Wildman–Crippen MR) is 126 cm³/mol. The average Bonchev–Trinajstić information content (AvgIpc) is 3.47. The maximum atomic E-state index is 12.9. The largest absolute Gasteiger partial charge is 0.497 e. The Morgan fingerprint density at radius 2 is 1.84 bits per heavy atom. The molecule has 1 aromatic heterocycles. The van der Waals surface area contributed by atoms with Gasteiger partial charge in [0.05, 0.1) is 37.6 Å². The summed E-state index contributed by atoms with van der Waals surface area (Å²) in [5, 5.41) is 5.54. The summed E-state index contributed by atoms with van der Waals surface area (Å²) in [4.78, 5) is 21.2. The van der Waals surface area contributed by atoms with Crippen molar-refractivity contribution in [2.75, 3.05) is 31.0 Å². The van der Waals surface area contributed by atoms with Crippen molar-refractivity contribution in [2.45, 2.75) is 30.5 Å². The Kier molecular flexibility index (Phi) is 6.85. The number of carbonyl (C=O) groups is 1. The molecular formula is C25H23F3N4O5. The minimum absolute atomic E-state index is 0.0314. The van der Waals surface area contributed by atoms with Crippen molar-refractivity contribution in [3.8, 4) is 17.0 Å². The molecule has 0 bridgehead atoms. The van der Waals surface area contributed by atoms with Gasteiger partial charge in [-0.15, -0.1) is 0 Å². The Bertz CT molecular complexity index is 1260. The Morgan fingerprint density at radius 3 is 2.59 bits per heavy atom. The molecule has 0 saturated carbocycles. The van der Waals surface area contributed by atoms with Crippen LogP contribution in [0.3, 0.4) is 0 Å². The molecule has 4 unspecified atom stereocenters. The maximum absolute atomic E-state index is 12.9. The van der Waals surface area contributed by atoms with E-state index in [0.29, 0.717) is 5.95 Å². The maximum Gasteiger partial charge on any atom is 0.416 e. The molecule has 194 valence electrons. The number of anilines is 2. The zero-order valence-electron chi connectivity index (χ0n) is 19.6. The minimum atomic E-state index is -4.52. The van der Waals surface area contributed by atoms with E-state index in [1.807, 2.05) is 24.3 Å². The highest BCUT2D eigenvalue weighted by molar-refractivity contribution is 5.84. The zero-order valence-corrected chi connectivity index (χ0v) is 19.6. The smallest absolute Gasteiger partial charge is 0.416 e. The van der Waals surface area contributed by atoms with Crippen LogP contribution in [0.15, 0.2) is 60.8 Å². The number of hydrogen-bond donors (Lipinski definition) is 2. The summed E-state index contributed by atoms with van der Waals surface area (Å²) in [6.07, 6.45) is -5.49. The third-order valence-electron chi connectivity index (χ3n) is 6.06. The van der Waals surface area contributed by atoms with E-state index in [0.717, 1.165) is 29.1 Å². The predicted octanol–water partition coefficient (Wildman–Crippen LogP) is 4.37. The van der Waals surface area contributed by atoms with Crippen LogP contribution in [-0.2, 0) is 20.4 Å². The summed E-state index contributed by atoms with van der Waals surface area (Å²) in [7, 11) is 1.60. The van der Waals surface area contributed by atoms with Crippen LogP contribution in [0.1, 0.15) is 5.56 Å². The van der Waals surface area contributed by atoms with Crippen LogP contribution >= 0.6 is 0 Å². The quantitative estimate of drug-likeness (QED) is 0.498. The molecule has 1 amide bonds. The Labute approximate surface area is 209 Å². The van der Waals surface area contributed by atoms with E-state index >= 15 is 0 Å². The highest BCUT2D eigenvalue weighted by Crippen LogP contribution is 2.32. The summed E-state index contributed by atoms with van der Waals surface area (Å²) >= 11 is 0. The summed E-state index contributed by atoms with van der Waals surface area (Å²) < 4.78 is 61.0. The summed E-state index contributed by atoms with van der Waals surface area (Å²) in [6.45, 7) is 0.344. The third kappa shape index (κ3) is 5.59. The first-order valence-corrected chi connectivity index (χ1v) is 11.4. The molecule has 5 rings (SSSR count). The number of aromatic nitrogens is 2. The SMILES string of the molecule is COc1ccc(-c2ccnc(NC3COC4C(OC(=O)Nc5cccc(C(F)(F)F)c5)COC34)n2)cc1. The fourth-order valence-corrected chi connectivity index (χ4v) is 4.26. The molecule has 0 spiro atoms. The van der Waals surface area contributed by atoms with Gasteiger partial charge in [-0.25, -0.2) is 14.8 Å². The molecule has 2 N–H and O–H groups in total. The monoisotopic (exact) mass is 516 g/mol. The zero-order chi connectivity index (χ0) is 26.0. The van der Waals surface area contributed by atoms with Gasteiger partial charge in [-0.1, -0.05) is 6.07 Å². The molecule has 2 aliphatic heterocycles. The van der Waals surface area contributed by atoms with Crippen LogP contribution in [0.5, 0.6) is 5.75 Å². The summed E-state index contributed by atoms with van der Waals surface area (Å²) in [6, 6.07) is 13.3. The fourth-order valence-electron chi connectivity index (χ4n) is 4.26. The number of rotatable bonds is 6. The molecule has 3 heterocycles. The second kappa shape index (κ2) is 10.2. The molecule has 4 atom stereocenters. The Balaban J connectivity index is 1.18. The summed E-state index contributed by atoms with van der Waals surface area (Å²) in [5.74, 6) is 1.13. The van der Waals surface area contributed by atoms with Crippen molar-refractivity contribution in [2.24, 2.45) is 0 Å². The van der Waals surface area contributed by atoms with E-state index in [2.05, 4.69) is 20.6 Å². The number of hydrogen-bond acceptors (Lipinski definition) is 8. The second-order valence-electron chi connectivity index (χ2n) is 8.49. The van der Waals surface area contributed by atoms with Crippen molar-refractivity contribution >= 4 is 17.7 Å². The number of ether oxygens (including phenoxy) is 4. The van der Waals surface area contributed by atoms with Gasteiger partial charge in [0.25, 0.3) is 0 Å². The molecule has 37 heavy (non-hydrogen) atoms. The van der Waals surface area contributed by atoms with Gasteiger partial charge >= 0.3 is 12.3 Å². The standard InChI is InChI=1S/C25H23F3N4O5/c1-34-17-7-5-14(6-8-17)18-9-10-29-23(31-18)32-19-12-35-22-20(13-36-21(19)22)37-24(33)30-16-4-2-3-15(11-16)25(26,27)28/h2-11,19-22H,12-13H2,1H3,(H,30,33)(H,29,31,32). The lowest BCUT2D eigenvalue weighted by Crippen LogP contribution is -2.38. The number of nitrogens with one attached hydrogen (secondary N) is 2. The number of fused-ring (bicyclic) bond motifs is 1. The van der Waals surface area contributed by atoms with E-state index in [4.69, 9.17) is 18.9 Å². The van der Waals surface area contributed by atoms with Crippen LogP contribution in [0.4, 0.5) is 29.6 Å². The van der Waals surface area contributed by atoms with E-state index in [1.165, 1.54) is 12.1 Å². The lowest BCUT2D eigenvalue weighted by atomic mass is 10.1.